The van der Waals surface area contributed by atoms with Crippen molar-refractivity contribution >= 4 is 32.9 Å². The monoisotopic (exact) mass is 674 g/mol. The van der Waals surface area contributed by atoms with Crippen molar-refractivity contribution in [3.63, 3.8) is 0 Å². The Balaban J connectivity index is 1.64. The standard InChI is InChI=1S/C43H50N2O3S/c1-7-9-27-44(37-21-15-31(3)16-22-37)40-25-19-35(29-33(40)5)43(39-13-11-12-14-42(39)49(46,47)48)36-20-26-41(34(6)30-36)45(28-10-8-2)38-23-17-32(4)18-24-38/h11-26,29-30,43H,7-10,27-28H2,1-6H3,(H,46,47,48). The molecule has 0 saturated carbocycles. The molecule has 5 rings (SSSR count). The Labute approximate surface area is 294 Å². The minimum atomic E-state index is -4.47. The van der Waals surface area contributed by atoms with E-state index in [1.807, 2.05) is 12.1 Å². The van der Waals surface area contributed by atoms with E-state index in [4.69, 9.17) is 0 Å². The molecule has 0 aliphatic rings. The van der Waals surface area contributed by atoms with Crippen molar-refractivity contribution in [2.45, 2.75) is 78.0 Å². The van der Waals surface area contributed by atoms with Crippen LogP contribution in [0.2, 0.25) is 0 Å². The fourth-order valence-electron chi connectivity index (χ4n) is 6.69. The predicted octanol–water partition coefficient (Wildman–Crippen LogP) is 11.2. The maximum absolute atomic E-state index is 12.7. The summed E-state index contributed by atoms with van der Waals surface area (Å²) in [6, 6.07) is 37.0. The number of nitrogens with zero attached hydrogens (tertiary/aromatic N) is 2. The van der Waals surface area contributed by atoms with Crippen LogP contribution in [0.25, 0.3) is 0 Å². The Morgan fingerprint density at radius 3 is 1.41 bits per heavy atom. The molecule has 0 aliphatic heterocycles. The summed E-state index contributed by atoms with van der Waals surface area (Å²) >= 11 is 0. The first-order valence-electron chi connectivity index (χ1n) is 17.5. The lowest BCUT2D eigenvalue weighted by atomic mass is 9.83. The summed E-state index contributed by atoms with van der Waals surface area (Å²) in [4.78, 5) is 4.67. The normalized spacial score (nSPS) is 11.6. The lowest BCUT2D eigenvalue weighted by Crippen LogP contribution is -2.20. The Kier molecular flexibility index (Phi) is 11.6. The van der Waals surface area contributed by atoms with E-state index in [1.165, 1.54) is 17.2 Å². The van der Waals surface area contributed by atoms with Gasteiger partial charge in [-0.25, -0.2) is 0 Å². The molecule has 5 nitrogen and oxygen atoms in total. The topological polar surface area (TPSA) is 60.9 Å². The zero-order chi connectivity index (χ0) is 35.1. The van der Waals surface area contributed by atoms with Crippen LogP contribution >= 0.6 is 0 Å². The molecule has 0 atom stereocenters. The summed E-state index contributed by atoms with van der Waals surface area (Å²) in [5, 5.41) is 0. The molecule has 0 saturated heterocycles. The molecule has 0 aromatic heterocycles. The van der Waals surface area contributed by atoms with Gasteiger partial charge in [-0.15, -0.1) is 0 Å². The van der Waals surface area contributed by atoms with Crippen LogP contribution in [0.15, 0.2) is 114 Å². The predicted molar refractivity (Wildman–Crippen MR) is 206 cm³/mol. The molecule has 0 radical (unpaired) electrons. The van der Waals surface area contributed by atoms with Crippen LogP contribution in [-0.4, -0.2) is 26.1 Å². The van der Waals surface area contributed by atoms with E-state index in [2.05, 4.69) is 136 Å². The van der Waals surface area contributed by atoms with Gasteiger partial charge in [0.05, 0.1) is 4.90 Å². The Morgan fingerprint density at radius 2 is 1.02 bits per heavy atom. The molecule has 49 heavy (non-hydrogen) atoms. The second-order valence-corrected chi connectivity index (χ2v) is 14.6. The third kappa shape index (κ3) is 8.44. The van der Waals surface area contributed by atoms with Crippen molar-refractivity contribution in [1.82, 2.24) is 0 Å². The number of hydrogen-bond donors (Lipinski definition) is 1. The zero-order valence-corrected chi connectivity index (χ0v) is 30.6. The molecule has 0 bridgehead atoms. The fraction of sp³-hybridized carbons (Fsp3) is 0.302. The Hall–Kier alpha value is -4.39. The van der Waals surface area contributed by atoms with E-state index in [1.54, 1.807) is 6.07 Å². The van der Waals surface area contributed by atoms with Crippen LogP contribution in [0.5, 0.6) is 0 Å². The van der Waals surface area contributed by atoms with E-state index in [0.717, 1.165) is 83.8 Å². The lowest BCUT2D eigenvalue weighted by Gasteiger charge is -2.29. The minimum Gasteiger partial charge on any atom is -0.341 e. The Bertz CT molecular complexity index is 1860. The van der Waals surface area contributed by atoms with Crippen LogP contribution < -0.4 is 9.80 Å². The maximum Gasteiger partial charge on any atom is 0.294 e. The molecular formula is C43H50N2O3S. The summed E-state index contributed by atoms with van der Waals surface area (Å²) in [7, 11) is -4.47. The van der Waals surface area contributed by atoms with Crippen LogP contribution in [0.3, 0.4) is 0 Å². The number of hydrogen-bond acceptors (Lipinski definition) is 4. The van der Waals surface area contributed by atoms with Gasteiger partial charge in [-0.3, -0.25) is 4.55 Å². The lowest BCUT2D eigenvalue weighted by molar-refractivity contribution is 0.482. The Morgan fingerprint density at radius 1 is 0.592 bits per heavy atom. The van der Waals surface area contributed by atoms with Crippen molar-refractivity contribution in [1.29, 1.82) is 0 Å². The summed E-state index contributed by atoms with van der Waals surface area (Å²) < 4.78 is 35.9. The van der Waals surface area contributed by atoms with Crippen LogP contribution in [0.4, 0.5) is 22.7 Å². The molecule has 5 aromatic carbocycles. The van der Waals surface area contributed by atoms with Gasteiger partial charge in [-0.1, -0.05) is 105 Å². The SMILES string of the molecule is CCCCN(c1ccc(C)cc1)c1ccc(C(c2ccc(N(CCCC)c3ccc(C)cc3)c(C)c2)c2ccccc2S(=O)(=O)O)cc1C. The first kappa shape index (κ1) is 35.9. The fourth-order valence-corrected chi connectivity index (χ4v) is 7.42. The van der Waals surface area contributed by atoms with Crippen LogP contribution in [0.1, 0.15) is 84.4 Å². The van der Waals surface area contributed by atoms with Gasteiger partial charge < -0.3 is 9.80 Å². The maximum atomic E-state index is 12.7. The first-order valence-corrected chi connectivity index (χ1v) is 18.9. The summed E-state index contributed by atoms with van der Waals surface area (Å²) in [5.41, 5.74) is 11.7. The van der Waals surface area contributed by atoms with E-state index in [9.17, 15) is 13.0 Å². The van der Waals surface area contributed by atoms with Crippen molar-refractivity contribution in [3.05, 3.63) is 148 Å². The highest BCUT2D eigenvalue weighted by atomic mass is 32.2. The molecule has 0 heterocycles. The van der Waals surface area contributed by atoms with Crippen molar-refractivity contribution in [2.75, 3.05) is 22.9 Å². The van der Waals surface area contributed by atoms with Gasteiger partial charge in [-0.05, 0) is 111 Å². The summed E-state index contributed by atoms with van der Waals surface area (Å²) in [6.45, 7) is 14.7. The molecule has 256 valence electrons. The van der Waals surface area contributed by atoms with Gasteiger partial charge in [-0.2, -0.15) is 8.42 Å². The van der Waals surface area contributed by atoms with Gasteiger partial charge in [0.2, 0.25) is 0 Å². The van der Waals surface area contributed by atoms with E-state index in [-0.39, 0.29) is 4.90 Å². The average molecular weight is 675 g/mol. The van der Waals surface area contributed by atoms with Crippen molar-refractivity contribution in [3.8, 4) is 0 Å². The molecule has 1 N–H and O–H groups in total. The van der Waals surface area contributed by atoms with E-state index >= 15 is 0 Å². The second kappa shape index (κ2) is 15.9. The van der Waals surface area contributed by atoms with E-state index < -0.39 is 16.0 Å². The molecule has 0 fully saturated rings. The van der Waals surface area contributed by atoms with Gasteiger partial charge in [0.25, 0.3) is 10.1 Å². The molecule has 0 aliphatic carbocycles. The number of anilines is 4. The third-order valence-corrected chi connectivity index (χ3v) is 10.3. The van der Waals surface area contributed by atoms with Crippen LogP contribution in [0, 0.1) is 27.7 Å². The average Bonchev–Trinajstić information content (AvgIpc) is 3.08. The molecular weight excluding hydrogens is 625 g/mol. The largest absolute Gasteiger partial charge is 0.341 e. The van der Waals surface area contributed by atoms with E-state index in [0.29, 0.717) is 5.56 Å². The number of unbranched alkanes of at least 4 members (excludes halogenated alkanes) is 2. The van der Waals surface area contributed by atoms with Gasteiger partial charge in [0.15, 0.2) is 0 Å². The highest BCUT2D eigenvalue weighted by Gasteiger charge is 2.26. The smallest absolute Gasteiger partial charge is 0.294 e. The molecule has 0 amide bonds. The highest BCUT2D eigenvalue weighted by Crippen LogP contribution is 2.40. The molecule has 0 unspecified atom stereocenters. The number of benzene rings is 5. The third-order valence-electron chi connectivity index (χ3n) is 9.36. The first-order chi connectivity index (χ1) is 23.5. The molecule has 5 aromatic rings. The van der Waals surface area contributed by atoms with Gasteiger partial charge >= 0.3 is 0 Å². The van der Waals surface area contributed by atoms with Gasteiger partial charge in [0, 0.05) is 41.8 Å². The summed E-state index contributed by atoms with van der Waals surface area (Å²) in [5.74, 6) is -0.425. The number of aryl methyl sites for hydroxylation is 4. The minimum absolute atomic E-state index is 0.0723. The highest BCUT2D eigenvalue weighted by molar-refractivity contribution is 7.85. The quantitative estimate of drug-likeness (QED) is 0.0938. The summed E-state index contributed by atoms with van der Waals surface area (Å²) in [6.07, 6.45) is 4.29. The molecule has 6 heteroatoms. The second-order valence-electron chi connectivity index (χ2n) is 13.2. The van der Waals surface area contributed by atoms with Crippen molar-refractivity contribution < 1.29 is 13.0 Å². The molecule has 0 spiro atoms. The van der Waals surface area contributed by atoms with Crippen LogP contribution in [-0.2, 0) is 10.1 Å². The van der Waals surface area contributed by atoms with Gasteiger partial charge in [0.1, 0.15) is 0 Å². The number of rotatable bonds is 14. The zero-order valence-electron chi connectivity index (χ0n) is 29.8. The van der Waals surface area contributed by atoms with Crippen molar-refractivity contribution in [2.24, 2.45) is 0 Å².